The lowest BCUT2D eigenvalue weighted by Crippen LogP contribution is -2.04. The summed E-state index contributed by atoms with van der Waals surface area (Å²) in [7, 11) is 1.58. The van der Waals surface area contributed by atoms with E-state index in [-0.39, 0.29) is 0 Å². The maximum Gasteiger partial charge on any atom is 0.218 e. The second-order valence-electron chi connectivity index (χ2n) is 3.83. The Hall–Kier alpha value is -2.25. The van der Waals surface area contributed by atoms with Crippen LogP contribution in [0.4, 0.5) is 5.69 Å². The van der Waals surface area contributed by atoms with Gasteiger partial charge in [0.15, 0.2) is 0 Å². The van der Waals surface area contributed by atoms with Gasteiger partial charge in [0, 0.05) is 23.3 Å². The monoisotopic (exact) mass is 273 g/mol. The number of pyridine rings is 1. The smallest absolute Gasteiger partial charge is 0.218 e. The van der Waals surface area contributed by atoms with E-state index in [1.54, 1.807) is 31.5 Å². The molecule has 1 aromatic heterocycles. The van der Waals surface area contributed by atoms with E-state index >= 15 is 0 Å². The Morgan fingerprint density at radius 3 is 3.00 bits per heavy atom. The molecule has 1 aromatic carbocycles. The number of hydrogen-bond donors (Lipinski definition) is 1. The minimum atomic E-state index is 0.510. The highest BCUT2D eigenvalue weighted by molar-refractivity contribution is 6.30. The summed E-state index contributed by atoms with van der Waals surface area (Å²) in [5, 5.41) is 12.8. The zero-order valence-electron chi connectivity index (χ0n) is 10.4. The van der Waals surface area contributed by atoms with E-state index < -0.39 is 0 Å². The van der Waals surface area contributed by atoms with Gasteiger partial charge in [0.25, 0.3) is 0 Å². The zero-order chi connectivity index (χ0) is 13.7. The van der Waals surface area contributed by atoms with E-state index in [1.165, 1.54) is 0 Å². The van der Waals surface area contributed by atoms with Crippen LogP contribution in [0, 0.1) is 11.3 Å². The molecule has 2 aromatic rings. The fourth-order valence-corrected chi connectivity index (χ4v) is 1.87. The first-order valence-electron chi connectivity index (χ1n) is 5.66. The van der Waals surface area contributed by atoms with Crippen molar-refractivity contribution in [3.63, 3.8) is 0 Å². The van der Waals surface area contributed by atoms with Gasteiger partial charge in [0.1, 0.15) is 6.07 Å². The van der Waals surface area contributed by atoms with E-state index in [2.05, 4.69) is 16.4 Å². The molecule has 0 spiro atoms. The van der Waals surface area contributed by atoms with Gasteiger partial charge < -0.3 is 10.1 Å². The Bertz CT molecular complexity index is 622. The quantitative estimate of drug-likeness (QED) is 0.929. The van der Waals surface area contributed by atoms with Gasteiger partial charge in [-0.3, -0.25) is 0 Å². The Morgan fingerprint density at radius 1 is 1.42 bits per heavy atom. The van der Waals surface area contributed by atoms with Crippen LogP contribution in [0.1, 0.15) is 11.1 Å². The predicted octanol–water partition coefficient (Wildman–Crippen LogP) is 3.23. The van der Waals surface area contributed by atoms with Crippen LogP contribution in [-0.4, -0.2) is 12.1 Å². The summed E-state index contributed by atoms with van der Waals surface area (Å²) in [6.07, 6.45) is 1.67. The van der Waals surface area contributed by atoms with Gasteiger partial charge in [-0.25, -0.2) is 4.98 Å². The van der Waals surface area contributed by atoms with E-state index in [9.17, 15) is 0 Å². The summed E-state index contributed by atoms with van der Waals surface area (Å²) in [4.78, 5) is 4.12. The molecule has 0 saturated carbocycles. The second-order valence-corrected chi connectivity index (χ2v) is 4.26. The number of hydrogen-bond acceptors (Lipinski definition) is 4. The first-order chi connectivity index (χ1) is 9.24. The van der Waals surface area contributed by atoms with Crippen LogP contribution in [0.5, 0.6) is 5.88 Å². The molecule has 0 fully saturated rings. The number of nitrogens with zero attached hydrogens (tertiary/aromatic N) is 2. The molecule has 2 rings (SSSR count). The minimum absolute atomic E-state index is 0.510. The number of ether oxygens (including phenoxy) is 1. The van der Waals surface area contributed by atoms with Crippen LogP contribution in [0.2, 0.25) is 5.02 Å². The summed E-state index contributed by atoms with van der Waals surface area (Å²) in [5.74, 6) is 0.572. The molecule has 4 nitrogen and oxygen atoms in total. The summed E-state index contributed by atoms with van der Waals surface area (Å²) < 4.78 is 5.17. The lowest BCUT2D eigenvalue weighted by atomic mass is 10.2. The Kier molecular flexibility index (Phi) is 4.22. The third-order valence-corrected chi connectivity index (χ3v) is 2.85. The third-order valence-electron chi connectivity index (χ3n) is 2.61. The fourth-order valence-electron chi connectivity index (χ4n) is 1.70. The molecule has 0 saturated heterocycles. The average molecular weight is 274 g/mol. The summed E-state index contributed by atoms with van der Waals surface area (Å²) in [6, 6.07) is 11.0. The standard InChI is InChI=1S/C14H12ClN3O/c1-19-14-10(3-2-6-17-14)9-18-13-5-4-12(15)7-11(13)8-16/h2-7,18H,9H2,1H3. The normalized spacial score (nSPS) is 9.74. The molecular formula is C14H12ClN3O. The molecule has 0 atom stereocenters. The van der Waals surface area contributed by atoms with E-state index in [0.29, 0.717) is 23.0 Å². The predicted molar refractivity (Wildman–Crippen MR) is 74.3 cm³/mol. The lowest BCUT2D eigenvalue weighted by Gasteiger charge is -2.10. The van der Waals surface area contributed by atoms with Crippen molar-refractivity contribution in [2.75, 3.05) is 12.4 Å². The number of benzene rings is 1. The fraction of sp³-hybridized carbons (Fsp3) is 0.143. The number of nitrogens with one attached hydrogen (secondary N) is 1. The summed E-state index contributed by atoms with van der Waals surface area (Å²) in [6.45, 7) is 0.521. The van der Waals surface area contributed by atoms with Crippen molar-refractivity contribution in [2.24, 2.45) is 0 Å². The molecular weight excluding hydrogens is 262 g/mol. The Labute approximate surface area is 116 Å². The van der Waals surface area contributed by atoms with E-state index in [4.69, 9.17) is 21.6 Å². The van der Waals surface area contributed by atoms with Gasteiger partial charge in [0.2, 0.25) is 5.88 Å². The topological polar surface area (TPSA) is 57.9 Å². The second kappa shape index (κ2) is 6.07. The highest BCUT2D eigenvalue weighted by Gasteiger charge is 2.06. The van der Waals surface area contributed by atoms with Crippen molar-refractivity contribution in [2.45, 2.75) is 6.54 Å². The molecule has 1 heterocycles. The minimum Gasteiger partial charge on any atom is -0.481 e. The van der Waals surface area contributed by atoms with Crippen LogP contribution in [0.15, 0.2) is 36.5 Å². The van der Waals surface area contributed by atoms with Crippen LogP contribution >= 0.6 is 11.6 Å². The van der Waals surface area contributed by atoms with Gasteiger partial charge in [-0.2, -0.15) is 5.26 Å². The number of halogens is 1. The van der Waals surface area contributed by atoms with Gasteiger partial charge in [-0.15, -0.1) is 0 Å². The maximum absolute atomic E-state index is 9.06. The summed E-state index contributed by atoms with van der Waals surface area (Å²) in [5.41, 5.74) is 2.16. The number of aromatic nitrogens is 1. The summed E-state index contributed by atoms with van der Waals surface area (Å²) >= 11 is 5.85. The maximum atomic E-state index is 9.06. The first kappa shape index (κ1) is 13.2. The molecule has 5 heteroatoms. The molecule has 0 aliphatic rings. The number of anilines is 1. The van der Waals surface area contributed by atoms with Crippen molar-refractivity contribution < 1.29 is 4.74 Å². The van der Waals surface area contributed by atoms with Crippen LogP contribution < -0.4 is 10.1 Å². The highest BCUT2D eigenvalue weighted by Crippen LogP contribution is 2.22. The van der Waals surface area contributed by atoms with Crippen LogP contribution in [0.25, 0.3) is 0 Å². The molecule has 0 aliphatic heterocycles. The molecule has 19 heavy (non-hydrogen) atoms. The van der Waals surface area contributed by atoms with Crippen LogP contribution in [0.3, 0.4) is 0 Å². The SMILES string of the molecule is COc1ncccc1CNc1ccc(Cl)cc1C#N. The molecule has 96 valence electrons. The van der Waals surface area contributed by atoms with Crippen molar-refractivity contribution in [3.8, 4) is 11.9 Å². The van der Waals surface area contributed by atoms with Gasteiger partial charge in [-0.05, 0) is 24.3 Å². The Morgan fingerprint density at radius 2 is 2.26 bits per heavy atom. The lowest BCUT2D eigenvalue weighted by molar-refractivity contribution is 0.393. The van der Waals surface area contributed by atoms with Crippen molar-refractivity contribution in [1.82, 2.24) is 4.98 Å². The Balaban J connectivity index is 2.17. The van der Waals surface area contributed by atoms with Gasteiger partial charge in [-0.1, -0.05) is 17.7 Å². The van der Waals surface area contributed by atoms with Crippen molar-refractivity contribution in [3.05, 3.63) is 52.7 Å². The van der Waals surface area contributed by atoms with Gasteiger partial charge in [0.05, 0.1) is 18.4 Å². The first-order valence-corrected chi connectivity index (χ1v) is 6.04. The number of nitriles is 1. The van der Waals surface area contributed by atoms with Crippen molar-refractivity contribution in [1.29, 1.82) is 5.26 Å². The molecule has 1 N–H and O–H groups in total. The van der Waals surface area contributed by atoms with E-state index in [0.717, 1.165) is 11.3 Å². The van der Waals surface area contributed by atoms with E-state index in [1.807, 2.05) is 12.1 Å². The molecule has 0 radical (unpaired) electrons. The zero-order valence-corrected chi connectivity index (χ0v) is 11.1. The molecule has 0 bridgehead atoms. The number of rotatable bonds is 4. The third kappa shape index (κ3) is 3.15. The van der Waals surface area contributed by atoms with Gasteiger partial charge >= 0.3 is 0 Å². The average Bonchev–Trinajstić information content (AvgIpc) is 2.46. The van der Waals surface area contributed by atoms with Crippen molar-refractivity contribution >= 4 is 17.3 Å². The molecule has 0 amide bonds. The van der Waals surface area contributed by atoms with Crippen LogP contribution in [-0.2, 0) is 6.54 Å². The largest absolute Gasteiger partial charge is 0.481 e. The molecule has 0 aliphatic carbocycles. The number of methoxy groups -OCH3 is 1. The highest BCUT2D eigenvalue weighted by atomic mass is 35.5. The molecule has 0 unspecified atom stereocenters.